The van der Waals surface area contributed by atoms with Gasteiger partial charge in [0, 0.05) is 6.20 Å². The van der Waals surface area contributed by atoms with Crippen molar-refractivity contribution in [2.75, 3.05) is 0 Å². The fourth-order valence-corrected chi connectivity index (χ4v) is 3.42. The normalized spacial score (nSPS) is 11.0. The Morgan fingerprint density at radius 2 is 2.04 bits per heavy atom. The minimum Gasteiger partial charge on any atom is -0.477 e. The lowest BCUT2D eigenvalue weighted by Crippen LogP contribution is -2.01. The van der Waals surface area contributed by atoms with E-state index in [-0.39, 0.29) is 4.88 Å². The Labute approximate surface area is 152 Å². The second-order valence-corrected chi connectivity index (χ2v) is 6.64. The highest BCUT2D eigenvalue weighted by atomic mass is 32.1. The van der Waals surface area contributed by atoms with Gasteiger partial charge >= 0.3 is 5.97 Å². The number of carboxylic acid groups (broad SMARTS) is 1. The molecule has 1 aromatic carbocycles. The van der Waals surface area contributed by atoms with Crippen LogP contribution in [-0.4, -0.2) is 40.6 Å². The number of aromatic nitrogens is 6. The lowest BCUT2D eigenvalue weighted by Gasteiger charge is -2.04. The first-order chi connectivity index (χ1) is 12.6. The van der Waals surface area contributed by atoms with E-state index in [0.29, 0.717) is 22.9 Å². The second kappa shape index (κ2) is 6.52. The van der Waals surface area contributed by atoms with Gasteiger partial charge in [-0.2, -0.15) is 10.2 Å². The van der Waals surface area contributed by atoms with E-state index in [4.69, 9.17) is 5.11 Å². The lowest BCUT2D eigenvalue weighted by atomic mass is 10.2. The number of carbonyl (C=O) groups is 1. The van der Waals surface area contributed by atoms with Gasteiger partial charge in [0.15, 0.2) is 0 Å². The van der Waals surface area contributed by atoms with Crippen LogP contribution >= 0.6 is 11.3 Å². The molecule has 9 heteroatoms. The molecule has 0 aliphatic rings. The smallest absolute Gasteiger partial charge is 0.347 e. The average molecular weight is 366 g/mol. The number of aromatic carboxylic acids is 1. The first-order valence-electron chi connectivity index (χ1n) is 7.78. The number of thiazole rings is 1. The monoisotopic (exact) mass is 366 g/mol. The summed E-state index contributed by atoms with van der Waals surface area (Å²) in [7, 11) is 0. The molecule has 130 valence electrons. The molecule has 0 fully saturated rings. The molecule has 26 heavy (non-hydrogen) atoms. The van der Waals surface area contributed by atoms with Crippen LogP contribution < -0.4 is 0 Å². The Balaban J connectivity index is 1.52. The van der Waals surface area contributed by atoms with Crippen LogP contribution in [0.4, 0.5) is 0 Å². The van der Waals surface area contributed by atoms with Gasteiger partial charge in [-0.1, -0.05) is 12.1 Å². The van der Waals surface area contributed by atoms with E-state index in [0.717, 1.165) is 22.6 Å². The fraction of sp³-hybridized carbons (Fsp3) is 0.118. The van der Waals surface area contributed by atoms with Crippen LogP contribution in [0.3, 0.4) is 0 Å². The van der Waals surface area contributed by atoms with Crippen LogP contribution in [0.15, 0.2) is 49.2 Å². The van der Waals surface area contributed by atoms with Crippen molar-refractivity contribution in [2.24, 2.45) is 0 Å². The van der Waals surface area contributed by atoms with E-state index in [1.165, 1.54) is 6.33 Å². The third-order valence-electron chi connectivity index (χ3n) is 3.81. The second-order valence-electron chi connectivity index (χ2n) is 5.64. The summed E-state index contributed by atoms with van der Waals surface area (Å²) in [5.41, 5.74) is 3.21. The van der Waals surface area contributed by atoms with Crippen LogP contribution in [0.1, 0.15) is 20.9 Å². The number of benzene rings is 1. The molecule has 0 amide bonds. The molecular weight excluding hydrogens is 352 g/mol. The van der Waals surface area contributed by atoms with E-state index in [1.807, 2.05) is 36.5 Å². The summed E-state index contributed by atoms with van der Waals surface area (Å²) in [6.07, 6.45) is 5.00. The highest BCUT2D eigenvalue weighted by Gasteiger charge is 2.16. The first kappa shape index (κ1) is 16.2. The topological polar surface area (TPSA) is 98.7 Å². The summed E-state index contributed by atoms with van der Waals surface area (Å²) in [5.74, 6) is -0.960. The van der Waals surface area contributed by atoms with Crippen molar-refractivity contribution in [3.63, 3.8) is 0 Å². The molecule has 3 heterocycles. The van der Waals surface area contributed by atoms with Crippen molar-refractivity contribution in [3.8, 4) is 16.4 Å². The summed E-state index contributed by atoms with van der Waals surface area (Å²) < 4.78 is 3.50. The Morgan fingerprint density at radius 1 is 1.23 bits per heavy atom. The zero-order valence-electron chi connectivity index (χ0n) is 13.8. The maximum Gasteiger partial charge on any atom is 0.347 e. The average Bonchev–Trinajstić information content (AvgIpc) is 3.35. The van der Waals surface area contributed by atoms with Crippen molar-refractivity contribution in [2.45, 2.75) is 13.5 Å². The van der Waals surface area contributed by atoms with Gasteiger partial charge in [0.2, 0.25) is 0 Å². The van der Waals surface area contributed by atoms with E-state index in [1.54, 1.807) is 22.6 Å². The van der Waals surface area contributed by atoms with Gasteiger partial charge in [-0.05, 0) is 30.7 Å². The van der Waals surface area contributed by atoms with Crippen molar-refractivity contribution >= 4 is 17.3 Å². The number of aryl methyl sites for hydroxylation is 1. The molecule has 0 atom stereocenters. The van der Waals surface area contributed by atoms with E-state index in [2.05, 4.69) is 20.2 Å². The molecule has 1 N–H and O–H groups in total. The van der Waals surface area contributed by atoms with E-state index in [9.17, 15) is 4.79 Å². The number of hydrogen-bond donors (Lipinski definition) is 1. The van der Waals surface area contributed by atoms with Crippen LogP contribution in [0.2, 0.25) is 0 Å². The first-order valence-corrected chi connectivity index (χ1v) is 8.60. The molecule has 0 saturated carbocycles. The van der Waals surface area contributed by atoms with Crippen LogP contribution in [0, 0.1) is 6.92 Å². The van der Waals surface area contributed by atoms with E-state index >= 15 is 0 Å². The third-order valence-corrected chi connectivity index (χ3v) is 4.98. The van der Waals surface area contributed by atoms with Gasteiger partial charge in [-0.3, -0.25) is 4.68 Å². The molecule has 0 aliphatic carbocycles. The molecule has 8 nitrogen and oxygen atoms in total. The quantitative estimate of drug-likeness (QED) is 0.583. The van der Waals surface area contributed by atoms with Crippen LogP contribution in [0.5, 0.6) is 0 Å². The standard InChI is InChI=1S/C17H14N6O2S/c1-11-15(17(24)25)26-16(20-11)14-6-7-22(21-14)8-12-2-4-13(5-3-12)23-10-18-9-19-23/h2-7,9-10H,8H2,1H3,(H,24,25). The third kappa shape index (κ3) is 3.11. The summed E-state index contributed by atoms with van der Waals surface area (Å²) in [4.78, 5) is 19.7. The summed E-state index contributed by atoms with van der Waals surface area (Å²) in [6.45, 7) is 2.30. The van der Waals surface area contributed by atoms with Crippen LogP contribution in [0.25, 0.3) is 16.4 Å². The summed E-state index contributed by atoms with van der Waals surface area (Å²) in [5, 5.41) is 18.4. The number of rotatable bonds is 5. The number of carboxylic acids is 1. The minimum atomic E-state index is -0.960. The largest absolute Gasteiger partial charge is 0.477 e. The van der Waals surface area contributed by atoms with Crippen molar-refractivity contribution in [1.82, 2.24) is 29.5 Å². The van der Waals surface area contributed by atoms with Gasteiger partial charge in [0.1, 0.15) is 28.2 Å². The predicted molar refractivity (Wildman–Crippen MR) is 95.5 cm³/mol. The Bertz CT molecular complexity index is 1050. The highest BCUT2D eigenvalue weighted by molar-refractivity contribution is 7.17. The summed E-state index contributed by atoms with van der Waals surface area (Å²) >= 11 is 1.14. The molecule has 0 radical (unpaired) electrons. The van der Waals surface area contributed by atoms with Gasteiger partial charge in [-0.25, -0.2) is 19.4 Å². The van der Waals surface area contributed by atoms with Gasteiger partial charge < -0.3 is 5.11 Å². The molecule has 4 aromatic rings. The molecule has 0 saturated heterocycles. The van der Waals surface area contributed by atoms with Crippen molar-refractivity contribution in [3.05, 3.63) is 65.3 Å². The van der Waals surface area contributed by atoms with E-state index < -0.39 is 5.97 Å². The van der Waals surface area contributed by atoms with Gasteiger partial charge in [0.25, 0.3) is 0 Å². The maximum atomic E-state index is 11.2. The zero-order valence-corrected chi connectivity index (χ0v) is 14.6. The number of hydrogen-bond acceptors (Lipinski definition) is 6. The minimum absolute atomic E-state index is 0.248. The Kier molecular flexibility index (Phi) is 4.05. The Hall–Kier alpha value is -3.33. The maximum absolute atomic E-state index is 11.2. The van der Waals surface area contributed by atoms with Crippen LogP contribution in [-0.2, 0) is 6.54 Å². The van der Waals surface area contributed by atoms with Crippen molar-refractivity contribution in [1.29, 1.82) is 0 Å². The van der Waals surface area contributed by atoms with Gasteiger partial charge in [-0.15, -0.1) is 11.3 Å². The van der Waals surface area contributed by atoms with Crippen molar-refractivity contribution < 1.29 is 9.90 Å². The fourth-order valence-electron chi connectivity index (χ4n) is 2.55. The lowest BCUT2D eigenvalue weighted by molar-refractivity contribution is 0.0701. The molecule has 0 aliphatic heterocycles. The summed E-state index contributed by atoms with van der Waals surface area (Å²) in [6, 6.07) is 9.80. The molecule has 0 bridgehead atoms. The number of nitrogens with zero attached hydrogens (tertiary/aromatic N) is 6. The predicted octanol–water partition coefficient (Wildman–Crippen LogP) is 2.64. The Morgan fingerprint density at radius 3 is 2.69 bits per heavy atom. The highest BCUT2D eigenvalue weighted by Crippen LogP contribution is 2.26. The molecule has 0 unspecified atom stereocenters. The van der Waals surface area contributed by atoms with Gasteiger partial charge in [0.05, 0.1) is 17.9 Å². The molecule has 3 aromatic heterocycles. The molecular formula is C17H14N6O2S. The molecule has 0 spiro atoms. The molecule has 4 rings (SSSR count). The SMILES string of the molecule is Cc1nc(-c2ccn(Cc3ccc(-n4cncn4)cc3)n2)sc1C(=O)O. The zero-order chi connectivity index (χ0) is 18.1.